The van der Waals surface area contributed by atoms with Crippen molar-refractivity contribution < 1.29 is 26.9 Å². The summed E-state index contributed by atoms with van der Waals surface area (Å²) in [5.41, 5.74) is 3.48. The summed E-state index contributed by atoms with van der Waals surface area (Å²) in [4.78, 5) is 19.4. The van der Waals surface area contributed by atoms with Crippen molar-refractivity contribution >= 4 is 38.3 Å². The number of fused-ring (bicyclic) bond motifs is 3. The van der Waals surface area contributed by atoms with Crippen LogP contribution in [-0.4, -0.2) is 36.6 Å². The number of H-pyrrole nitrogens is 1. The van der Waals surface area contributed by atoms with Crippen molar-refractivity contribution in [1.82, 2.24) is 20.4 Å². The Balaban J connectivity index is 1.31. The maximum Gasteiger partial charge on any atom is 0.338 e. The molecule has 2 N–H and O–H groups in total. The van der Waals surface area contributed by atoms with Gasteiger partial charge < -0.3 is 19.6 Å². The predicted molar refractivity (Wildman–Crippen MR) is 153 cm³/mol. The molecular weight excluding hydrogens is 583 g/mol. The Bertz CT molecular complexity index is 1890. The minimum atomic E-state index is -4.64. The molecule has 1 aliphatic rings. The molecule has 0 amide bonds. The number of methoxy groups -OCH3 is 1. The summed E-state index contributed by atoms with van der Waals surface area (Å²) in [5, 5.41) is 5.33. The van der Waals surface area contributed by atoms with Gasteiger partial charge in [-0.3, -0.25) is 0 Å². The van der Waals surface area contributed by atoms with Crippen LogP contribution in [0.3, 0.4) is 0 Å². The van der Waals surface area contributed by atoms with Gasteiger partial charge in [-0.15, -0.1) is 0 Å². The second kappa shape index (κ2) is 11.0. The fraction of sp³-hybridized carbons (Fsp3) is 0.233. The van der Waals surface area contributed by atoms with E-state index < -0.39 is 32.6 Å². The van der Waals surface area contributed by atoms with Crippen LogP contribution in [0.5, 0.6) is 0 Å². The zero-order valence-corrected chi connectivity index (χ0v) is 24.0. The van der Waals surface area contributed by atoms with Crippen molar-refractivity contribution in [3.8, 4) is 0 Å². The molecule has 0 saturated heterocycles. The zero-order chi connectivity index (χ0) is 29.5. The number of nitrogens with zero attached hydrogens (tertiary/aromatic N) is 2. The van der Waals surface area contributed by atoms with Crippen molar-refractivity contribution in [2.75, 3.05) is 7.11 Å². The van der Waals surface area contributed by atoms with Gasteiger partial charge in [0.15, 0.2) is 5.82 Å². The van der Waals surface area contributed by atoms with Gasteiger partial charge in [-0.25, -0.2) is 17.6 Å². The fourth-order valence-electron chi connectivity index (χ4n) is 5.55. The van der Waals surface area contributed by atoms with E-state index in [-0.39, 0.29) is 36.7 Å². The van der Waals surface area contributed by atoms with Gasteiger partial charge in [-0.1, -0.05) is 53.2 Å². The van der Waals surface area contributed by atoms with E-state index in [1.165, 1.54) is 31.4 Å². The Morgan fingerprint density at radius 1 is 1.12 bits per heavy atom. The third-order valence-corrected chi connectivity index (χ3v) is 10.0. The molecule has 216 valence electrons. The molecule has 2 heterocycles. The fourth-order valence-corrected chi connectivity index (χ4v) is 7.50. The lowest BCUT2D eigenvalue weighted by Crippen LogP contribution is -2.40. The molecule has 1 aliphatic carbocycles. The van der Waals surface area contributed by atoms with Crippen LogP contribution in [0.25, 0.3) is 10.9 Å². The Kier molecular flexibility index (Phi) is 7.34. The monoisotopic (exact) mass is 608 g/mol. The van der Waals surface area contributed by atoms with Crippen molar-refractivity contribution in [2.45, 2.75) is 35.8 Å². The van der Waals surface area contributed by atoms with Gasteiger partial charge in [-0.2, -0.15) is 4.98 Å². The molecule has 42 heavy (non-hydrogen) atoms. The standard InChI is InChI=1S/C30H26ClFN4O5S/c1-40-28(37)22-10-6-5-7-18(22)16-33-17-27-35-29(41-36-27)30(32,42(38,39)21-8-3-2-4-9-21)19-13-23-24-15-20(31)11-12-25(24)34-26(23)14-19/h2-12,15,19,33-34H,13-14,16-17H2,1H3. The zero-order valence-electron chi connectivity index (χ0n) is 22.4. The highest BCUT2D eigenvalue weighted by Gasteiger charge is 2.59. The van der Waals surface area contributed by atoms with Crippen LogP contribution >= 0.6 is 11.6 Å². The predicted octanol–water partition coefficient (Wildman–Crippen LogP) is 5.29. The van der Waals surface area contributed by atoms with Crippen molar-refractivity contribution in [2.24, 2.45) is 5.92 Å². The first-order valence-electron chi connectivity index (χ1n) is 13.2. The third-order valence-electron chi connectivity index (χ3n) is 7.61. The van der Waals surface area contributed by atoms with Gasteiger partial charge in [0, 0.05) is 34.1 Å². The van der Waals surface area contributed by atoms with E-state index in [4.69, 9.17) is 20.9 Å². The molecule has 12 heteroatoms. The largest absolute Gasteiger partial charge is 0.465 e. The minimum absolute atomic E-state index is 0.0350. The molecule has 0 spiro atoms. The van der Waals surface area contributed by atoms with E-state index in [2.05, 4.69) is 20.4 Å². The third kappa shape index (κ3) is 4.77. The van der Waals surface area contributed by atoms with Crippen molar-refractivity contribution in [3.05, 3.63) is 112 Å². The highest BCUT2D eigenvalue weighted by Crippen LogP contribution is 2.49. The average Bonchev–Trinajstić information content (AvgIpc) is 3.73. The summed E-state index contributed by atoms with van der Waals surface area (Å²) in [6.45, 7) is 0.290. The molecule has 3 aromatic carbocycles. The number of carbonyl (C=O) groups is 1. The molecule has 6 rings (SSSR count). The number of aromatic amines is 1. The summed E-state index contributed by atoms with van der Waals surface area (Å²) in [7, 11) is -3.33. The van der Waals surface area contributed by atoms with Crippen LogP contribution in [-0.2, 0) is 45.5 Å². The Hall–Kier alpha value is -4.06. The molecule has 5 aromatic rings. The summed E-state index contributed by atoms with van der Waals surface area (Å²) in [5.74, 6) is -2.07. The minimum Gasteiger partial charge on any atom is -0.465 e. The van der Waals surface area contributed by atoms with Crippen LogP contribution in [0.15, 0.2) is 82.2 Å². The lowest BCUT2D eigenvalue weighted by atomic mass is 9.98. The van der Waals surface area contributed by atoms with Crippen molar-refractivity contribution in [1.29, 1.82) is 0 Å². The number of hydrogen-bond acceptors (Lipinski definition) is 8. The Morgan fingerprint density at radius 3 is 2.67 bits per heavy atom. The normalized spacial score (nSPS) is 16.3. The van der Waals surface area contributed by atoms with Crippen molar-refractivity contribution in [3.63, 3.8) is 0 Å². The number of aromatic nitrogens is 3. The number of esters is 1. The number of ether oxygens (including phenoxy) is 1. The van der Waals surface area contributed by atoms with Gasteiger partial charge in [-0.05, 0) is 60.4 Å². The van der Waals surface area contributed by atoms with Crippen LogP contribution in [0.4, 0.5) is 4.39 Å². The molecule has 0 fully saturated rings. The molecular formula is C30H26ClFN4O5S. The van der Waals surface area contributed by atoms with Gasteiger partial charge in [0.25, 0.3) is 10.9 Å². The van der Waals surface area contributed by atoms with E-state index in [1.807, 2.05) is 6.07 Å². The van der Waals surface area contributed by atoms with E-state index >= 15 is 4.39 Å². The number of hydrogen-bond donors (Lipinski definition) is 2. The number of nitrogens with one attached hydrogen (secondary N) is 2. The Labute approximate surface area is 246 Å². The Morgan fingerprint density at radius 2 is 1.88 bits per heavy atom. The van der Waals surface area contributed by atoms with E-state index in [1.54, 1.807) is 42.5 Å². The lowest BCUT2D eigenvalue weighted by molar-refractivity contribution is 0.0599. The molecule has 0 aliphatic heterocycles. The number of benzene rings is 3. The summed E-state index contributed by atoms with van der Waals surface area (Å²) in [6, 6.07) is 19.8. The van der Waals surface area contributed by atoms with Gasteiger partial charge >= 0.3 is 5.97 Å². The summed E-state index contributed by atoms with van der Waals surface area (Å²) in [6.07, 6.45) is 0.239. The molecule has 2 aromatic heterocycles. The van der Waals surface area contributed by atoms with Crippen LogP contribution in [0, 0.1) is 5.92 Å². The molecule has 9 nitrogen and oxygen atoms in total. The van der Waals surface area contributed by atoms with Crippen LogP contribution < -0.4 is 5.32 Å². The number of sulfone groups is 1. The molecule has 0 bridgehead atoms. The summed E-state index contributed by atoms with van der Waals surface area (Å²) < 4.78 is 55.6. The van der Waals surface area contributed by atoms with Gasteiger partial charge in [0.2, 0.25) is 9.84 Å². The van der Waals surface area contributed by atoms with Gasteiger partial charge in [0.05, 0.1) is 24.1 Å². The van der Waals surface area contributed by atoms with Gasteiger partial charge in [0.1, 0.15) is 0 Å². The number of carbonyl (C=O) groups excluding carboxylic acids is 1. The van der Waals surface area contributed by atoms with E-state index in [0.29, 0.717) is 16.1 Å². The number of alkyl halides is 1. The first-order valence-corrected chi connectivity index (χ1v) is 15.1. The SMILES string of the molecule is COC(=O)c1ccccc1CNCc1noc(C(F)(C2Cc3[nH]c4ccc(Cl)cc4c3C2)S(=O)(=O)c2ccccc2)n1. The molecule has 0 saturated carbocycles. The maximum atomic E-state index is 17.5. The van der Waals surface area contributed by atoms with E-state index in [9.17, 15) is 13.2 Å². The van der Waals surface area contributed by atoms with Crippen LogP contribution in [0.2, 0.25) is 5.02 Å². The number of rotatable bonds is 9. The lowest BCUT2D eigenvalue weighted by Gasteiger charge is -2.27. The highest BCUT2D eigenvalue weighted by molar-refractivity contribution is 7.92. The summed E-state index contributed by atoms with van der Waals surface area (Å²) >= 11 is 6.22. The first kappa shape index (κ1) is 28.1. The topological polar surface area (TPSA) is 127 Å². The second-order valence-corrected chi connectivity index (χ2v) is 12.6. The quantitative estimate of drug-likeness (QED) is 0.216. The van der Waals surface area contributed by atoms with E-state index in [0.717, 1.165) is 22.2 Å². The second-order valence-electron chi connectivity index (χ2n) is 10.1. The maximum absolute atomic E-state index is 17.5. The first-order chi connectivity index (χ1) is 20.2. The smallest absolute Gasteiger partial charge is 0.338 e. The molecule has 2 atom stereocenters. The van der Waals surface area contributed by atoms with Crippen LogP contribution in [0.1, 0.15) is 38.9 Å². The average molecular weight is 609 g/mol. The number of halogens is 2. The molecule has 0 radical (unpaired) electrons. The highest BCUT2D eigenvalue weighted by atomic mass is 35.5. The molecule has 2 unspecified atom stereocenters.